The molecule has 0 aromatic rings. The standard InChI is InChI=1S/C22H41N5O3/c1-15-9-7-8-10-17(15)25-20(24-14-19(28)27(5)6)23-13-18(16-11-12-16)26-21(29)30-22(2,3)4/h15-18H,7-14H2,1-6H3,(H,26,29)(H2,23,24,25). The van der Waals surface area contributed by atoms with Crippen molar-refractivity contribution >= 4 is 18.0 Å². The zero-order valence-corrected chi connectivity index (χ0v) is 19.6. The van der Waals surface area contributed by atoms with Gasteiger partial charge in [-0.25, -0.2) is 9.79 Å². The second-order valence-corrected chi connectivity index (χ2v) is 9.94. The molecule has 0 aromatic carbocycles. The summed E-state index contributed by atoms with van der Waals surface area (Å²) in [6.45, 7) is 8.48. The van der Waals surface area contributed by atoms with Crippen LogP contribution in [-0.2, 0) is 9.53 Å². The number of rotatable bonds is 7. The van der Waals surface area contributed by atoms with E-state index in [1.165, 1.54) is 19.3 Å². The Morgan fingerprint density at radius 3 is 2.37 bits per heavy atom. The Kier molecular flexibility index (Phi) is 8.79. The number of ether oxygens (including phenoxy) is 1. The second-order valence-electron chi connectivity index (χ2n) is 9.94. The molecule has 3 atom stereocenters. The number of nitrogens with zero attached hydrogens (tertiary/aromatic N) is 2. The Morgan fingerprint density at radius 1 is 1.13 bits per heavy atom. The van der Waals surface area contributed by atoms with Crippen LogP contribution in [0.1, 0.15) is 66.2 Å². The highest BCUT2D eigenvalue weighted by Gasteiger charge is 2.33. The lowest BCUT2D eigenvalue weighted by Crippen LogP contribution is -2.52. The Morgan fingerprint density at radius 2 is 1.80 bits per heavy atom. The minimum atomic E-state index is -0.524. The predicted octanol–water partition coefficient (Wildman–Crippen LogP) is 2.49. The van der Waals surface area contributed by atoms with E-state index in [1.807, 2.05) is 20.8 Å². The number of carbonyl (C=O) groups is 2. The Balaban J connectivity index is 1.98. The maximum atomic E-state index is 12.2. The van der Waals surface area contributed by atoms with Gasteiger partial charge < -0.3 is 25.6 Å². The molecule has 2 rings (SSSR count). The monoisotopic (exact) mass is 423 g/mol. The van der Waals surface area contributed by atoms with Crippen molar-refractivity contribution in [3.05, 3.63) is 0 Å². The molecule has 2 saturated carbocycles. The van der Waals surface area contributed by atoms with E-state index in [9.17, 15) is 9.59 Å². The molecular formula is C22H41N5O3. The van der Waals surface area contributed by atoms with Crippen LogP contribution in [0, 0.1) is 11.8 Å². The van der Waals surface area contributed by atoms with E-state index in [0.29, 0.717) is 30.4 Å². The van der Waals surface area contributed by atoms with Crippen molar-refractivity contribution < 1.29 is 14.3 Å². The summed E-state index contributed by atoms with van der Waals surface area (Å²) in [5, 5.41) is 9.90. The van der Waals surface area contributed by atoms with Crippen LogP contribution in [0.15, 0.2) is 4.99 Å². The minimum Gasteiger partial charge on any atom is -0.444 e. The number of hydrogen-bond acceptors (Lipinski definition) is 4. The third-order valence-corrected chi connectivity index (χ3v) is 5.69. The normalized spacial score (nSPS) is 23.3. The molecule has 0 aromatic heterocycles. The number of likely N-dealkylation sites (N-methyl/N-ethyl adjacent to an activating group) is 1. The lowest BCUT2D eigenvalue weighted by molar-refractivity contribution is -0.127. The molecule has 0 spiro atoms. The number of carbonyl (C=O) groups excluding carboxylic acids is 2. The fourth-order valence-corrected chi connectivity index (χ4v) is 3.65. The van der Waals surface area contributed by atoms with Crippen LogP contribution >= 0.6 is 0 Å². The minimum absolute atomic E-state index is 0.0276. The van der Waals surface area contributed by atoms with Crippen LogP contribution in [0.25, 0.3) is 0 Å². The molecule has 0 bridgehead atoms. The van der Waals surface area contributed by atoms with Gasteiger partial charge >= 0.3 is 6.09 Å². The Bertz CT molecular complexity index is 610. The lowest BCUT2D eigenvalue weighted by atomic mass is 9.86. The first-order valence-corrected chi connectivity index (χ1v) is 11.3. The summed E-state index contributed by atoms with van der Waals surface area (Å²) >= 11 is 0. The average molecular weight is 424 g/mol. The summed E-state index contributed by atoms with van der Waals surface area (Å²) in [5.74, 6) is 1.61. The van der Waals surface area contributed by atoms with Crippen molar-refractivity contribution in [3.8, 4) is 0 Å². The summed E-state index contributed by atoms with van der Waals surface area (Å²) < 4.78 is 5.42. The zero-order chi connectivity index (χ0) is 22.3. The Hall–Kier alpha value is -1.99. The van der Waals surface area contributed by atoms with Gasteiger partial charge in [0.05, 0.1) is 6.04 Å². The van der Waals surface area contributed by atoms with Crippen LogP contribution in [0.2, 0.25) is 0 Å². The fourth-order valence-electron chi connectivity index (χ4n) is 3.65. The van der Waals surface area contributed by atoms with Gasteiger partial charge in [-0.15, -0.1) is 0 Å². The summed E-state index contributed by atoms with van der Waals surface area (Å²) in [5.41, 5.74) is -0.524. The average Bonchev–Trinajstić information content (AvgIpc) is 3.47. The molecule has 2 amide bonds. The highest BCUT2D eigenvalue weighted by molar-refractivity contribution is 5.85. The molecule has 8 heteroatoms. The molecule has 3 unspecified atom stereocenters. The van der Waals surface area contributed by atoms with Crippen molar-refractivity contribution in [2.24, 2.45) is 16.8 Å². The van der Waals surface area contributed by atoms with Gasteiger partial charge in [-0.05, 0) is 58.3 Å². The van der Waals surface area contributed by atoms with Gasteiger partial charge in [0, 0.05) is 26.7 Å². The Labute approximate surface area is 181 Å². The predicted molar refractivity (Wildman–Crippen MR) is 119 cm³/mol. The molecule has 3 N–H and O–H groups in total. The van der Waals surface area contributed by atoms with Crippen LogP contribution in [0.4, 0.5) is 4.79 Å². The topological polar surface area (TPSA) is 95.1 Å². The van der Waals surface area contributed by atoms with E-state index in [-0.39, 0.29) is 18.5 Å². The molecule has 8 nitrogen and oxygen atoms in total. The molecule has 0 saturated heterocycles. The van der Waals surface area contributed by atoms with E-state index < -0.39 is 11.7 Å². The number of aliphatic imine (C=N–C) groups is 1. The highest BCUT2D eigenvalue weighted by Crippen LogP contribution is 2.32. The van der Waals surface area contributed by atoms with Crippen LogP contribution < -0.4 is 16.0 Å². The molecule has 0 aliphatic heterocycles. The van der Waals surface area contributed by atoms with E-state index in [4.69, 9.17) is 4.74 Å². The third-order valence-electron chi connectivity index (χ3n) is 5.69. The summed E-state index contributed by atoms with van der Waals surface area (Å²) in [7, 11) is 3.46. The maximum absolute atomic E-state index is 12.2. The summed E-state index contributed by atoms with van der Waals surface area (Å²) in [6.07, 6.45) is 6.58. The number of nitrogens with one attached hydrogen (secondary N) is 3. The SMILES string of the molecule is CC1CCCCC1NC(=NCC(=O)N(C)C)NCC(NC(=O)OC(C)(C)C)C1CC1. The smallest absolute Gasteiger partial charge is 0.407 e. The van der Waals surface area contributed by atoms with Crippen molar-refractivity contribution in [2.45, 2.75) is 83.9 Å². The fraction of sp³-hybridized carbons (Fsp3) is 0.864. The van der Waals surface area contributed by atoms with Crippen LogP contribution in [0.5, 0.6) is 0 Å². The van der Waals surface area contributed by atoms with Crippen LogP contribution in [-0.4, -0.2) is 67.7 Å². The quantitative estimate of drug-likeness (QED) is 0.432. The molecule has 0 radical (unpaired) electrons. The highest BCUT2D eigenvalue weighted by atomic mass is 16.6. The van der Waals surface area contributed by atoms with Gasteiger partial charge in [0.25, 0.3) is 0 Å². The maximum Gasteiger partial charge on any atom is 0.407 e. The first-order valence-electron chi connectivity index (χ1n) is 11.3. The number of hydrogen-bond donors (Lipinski definition) is 3. The van der Waals surface area contributed by atoms with Crippen molar-refractivity contribution in [2.75, 3.05) is 27.2 Å². The van der Waals surface area contributed by atoms with Gasteiger partial charge in [0.2, 0.25) is 5.91 Å². The third kappa shape index (κ3) is 8.79. The van der Waals surface area contributed by atoms with Gasteiger partial charge in [-0.1, -0.05) is 19.8 Å². The van der Waals surface area contributed by atoms with Crippen molar-refractivity contribution in [1.82, 2.24) is 20.9 Å². The second kappa shape index (κ2) is 10.9. The zero-order valence-electron chi connectivity index (χ0n) is 19.6. The number of alkyl carbamates (subject to hydrolysis) is 1. The van der Waals surface area contributed by atoms with Gasteiger partial charge in [-0.3, -0.25) is 4.79 Å². The molecule has 30 heavy (non-hydrogen) atoms. The first-order chi connectivity index (χ1) is 14.0. The van der Waals surface area contributed by atoms with E-state index in [2.05, 4.69) is 27.9 Å². The first kappa shape index (κ1) is 24.3. The van der Waals surface area contributed by atoms with E-state index in [1.54, 1.807) is 19.0 Å². The molecule has 0 heterocycles. The lowest BCUT2D eigenvalue weighted by Gasteiger charge is -2.31. The van der Waals surface area contributed by atoms with Gasteiger partial charge in [0.1, 0.15) is 12.1 Å². The molecular weight excluding hydrogens is 382 g/mol. The largest absolute Gasteiger partial charge is 0.444 e. The number of guanidine groups is 1. The van der Waals surface area contributed by atoms with Crippen molar-refractivity contribution in [3.63, 3.8) is 0 Å². The summed E-state index contributed by atoms with van der Waals surface area (Å²) in [6, 6.07) is 0.317. The van der Waals surface area contributed by atoms with Crippen LogP contribution in [0.3, 0.4) is 0 Å². The van der Waals surface area contributed by atoms with Gasteiger partial charge in [0.15, 0.2) is 5.96 Å². The molecule has 172 valence electrons. The molecule has 2 fully saturated rings. The van der Waals surface area contributed by atoms with E-state index in [0.717, 1.165) is 19.3 Å². The van der Waals surface area contributed by atoms with E-state index >= 15 is 0 Å². The molecule has 2 aliphatic carbocycles. The number of amides is 2. The summed E-state index contributed by atoms with van der Waals surface area (Å²) in [4.78, 5) is 30.3. The van der Waals surface area contributed by atoms with Gasteiger partial charge in [-0.2, -0.15) is 0 Å². The molecule has 2 aliphatic rings. The van der Waals surface area contributed by atoms with Crippen molar-refractivity contribution in [1.29, 1.82) is 0 Å².